The number of phenols is 1. The minimum absolute atomic E-state index is 0.120. The molecule has 0 radical (unpaired) electrons. The largest absolute Gasteiger partial charge is 0.508 e. The lowest BCUT2D eigenvalue weighted by atomic mass is 9.55. The highest BCUT2D eigenvalue weighted by Gasteiger charge is 2.53. The van der Waals surface area contributed by atoms with Gasteiger partial charge in [-0.1, -0.05) is 25.1 Å². The maximum atomic E-state index is 13.4. The molecular formula is C25H27FN2O. The highest BCUT2D eigenvalue weighted by molar-refractivity contribution is 5.93. The Morgan fingerprint density at radius 3 is 2.86 bits per heavy atom. The van der Waals surface area contributed by atoms with Gasteiger partial charge in [0.2, 0.25) is 0 Å². The summed E-state index contributed by atoms with van der Waals surface area (Å²) in [5, 5.41) is 18.8. The quantitative estimate of drug-likeness (QED) is 0.506. The SMILES string of the molecule is C[C@]12CC[C@@H]3c4ccc(O)cc4CC[C@H]3[C@@H]1CCC2=NN=Cc1cccc(F)c1. The Bertz CT molecular complexity index is 998. The van der Waals surface area contributed by atoms with Crippen molar-refractivity contribution in [1.82, 2.24) is 0 Å². The minimum Gasteiger partial charge on any atom is -0.508 e. The molecule has 3 aliphatic rings. The number of hydrogen-bond donors (Lipinski definition) is 1. The molecule has 5 rings (SSSR count). The molecule has 0 aromatic heterocycles. The molecule has 3 nitrogen and oxygen atoms in total. The topological polar surface area (TPSA) is 45.0 Å². The van der Waals surface area contributed by atoms with Crippen molar-refractivity contribution in [2.75, 3.05) is 0 Å². The van der Waals surface area contributed by atoms with E-state index >= 15 is 0 Å². The molecule has 29 heavy (non-hydrogen) atoms. The number of phenolic OH excluding ortho intramolecular Hbond substituents is 1. The standard InChI is InChI=1S/C25H27FN2O/c1-25-12-11-21-20-8-6-19(29)14-17(20)5-7-22(21)23(25)9-10-24(25)28-27-15-16-3-2-4-18(26)13-16/h2-4,6,8,13-15,21-23,29H,5,7,9-12H2,1H3/t21-,22-,23+,25+/m1/s1. The Morgan fingerprint density at radius 1 is 1.10 bits per heavy atom. The first-order valence-corrected chi connectivity index (χ1v) is 10.7. The number of nitrogens with zero attached hydrogens (tertiary/aromatic N) is 2. The molecule has 0 aliphatic heterocycles. The number of aromatic hydroxyl groups is 1. The van der Waals surface area contributed by atoms with Gasteiger partial charge in [-0.05, 0) is 97.2 Å². The van der Waals surface area contributed by atoms with Crippen LogP contribution in [-0.4, -0.2) is 17.0 Å². The van der Waals surface area contributed by atoms with Crippen LogP contribution < -0.4 is 0 Å². The van der Waals surface area contributed by atoms with Gasteiger partial charge in [0.05, 0.1) is 6.21 Å². The van der Waals surface area contributed by atoms with E-state index in [1.165, 1.54) is 48.2 Å². The predicted molar refractivity (Wildman–Crippen MR) is 114 cm³/mol. The number of halogens is 1. The van der Waals surface area contributed by atoms with Gasteiger partial charge in [0, 0.05) is 11.1 Å². The van der Waals surface area contributed by atoms with Crippen molar-refractivity contribution in [2.24, 2.45) is 27.5 Å². The number of hydrogen-bond acceptors (Lipinski definition) is 3. The molecule has 2 saturated carbocycles. The summed E-state index contributed by atoms with van der Waals surface area (Å²) in [6, 6.07) is 12.4. The summed E-state index contributed by atoms with van der Waals surface area (Å²) in [7, 11) is 0. The molecule has 0 heterocycles. The lowest BCUT2D eigenvalue weighted by molar-refractivity contribution is 0.0955. The second kappa shape index (κ2) is 7.08. The van der Waals surface area contributed by atoms with Crippen LogP contribution in [0.25, 0.3) is 0 Å². The fraction of sp³-hybridized carbons (Fsp3) is 0.440. The third-order valence-electron chi connectivity index (χ3n) is 7.69. The van der Waals surface area contributed by atoms with Crippen LogP contribution in [-0.2, 0) is 6.42 Å². The average molecular weight is 391 g/mol. The minimum atomic E-state index is -0.251. The first kappa shape index (κ1) is 18.5. The van der Waals surface area contributed by atoms with Crippen molar-refractivity contribution in [3.8, 4) is 5.75 Å². The number of benzene rings is 2. The predicted octanol–water partition coefficient (Wildman–Crippen LogP) is 5.86. The van der Waals surface area contributed by atoms with E-state index in [0.717, 1.165) is 24.8 Å². The Labute approximate surface area is 171 Å². The van der Waals surface area contributed by atoms with Gasteiger partial charge < -0.3 is 5.11 Å². The van der Waals surface area contributed by atoms with Crippen LogP contribution in [0.1, 0.15) is 61.6 Å². The van der Waals surface area contributed by atoms with Gasteiger partial charge in [0.1, 0.15) is 11.6 Å². The highest BCUT2D eigenvalue weighted by atomic mass is 19.1. The lowest BCUT2D eigenvalue weighted by Gasteiger charge is -2.49. The molecule has 2 fully saturated rings. The Balaban J connectivity index is 1.38. The van der Waals surface area contributed by atoms with E-state index in [-0.39, 0.29) is 11.2 Å². The summed E-state index contributed by atoms with van der Waals surface area (Å²) in [5.74, 6) is 2.07. The zero-order chi connectivity index (χ0) is 20.0. The summed E-state index contributed by atoms with van der Waals surface area (Å²) >= 11 is 0. The smallest absolute Gasteiger partial charge is 0.123 e. The van der Waals surface area contributed by atoms with Crippen molar-refractivity contribution in [1.29, 1.82) is 0 Å². The third kappa shape index (κ3) is 3.19. The van der Waals surface area contributed by atoms with Gasteiger partial charge in [-0.15, -0.1) is 0 Å². The molecule has 2 aromatic carbocycles. The summed E-state index contributed by atoms with van der Waals surface area (Å²) in [6.45, 7) is 2.38. The Morgan fingerprint density at radius 2 is 2.00 bits per heavy atom. The van der Waals surface area contributed by atoms with E-state index in [1.54, 1.807) is 12.3 Å². The van der Waals surface area contributed by atoms with Crippen molar-refractivity contribution in [3.05, 3.63) is 65.0 Å². The number of aryl methyl sites for hydroxylation is 1. The van der Waals surface area contributed by atoms with E-state index in [1.807, 2.05) is 18.2 Å². The van der Waals surface area contributed by atoms with Crippen molar-refractivity contribution in [2.45, 2.75) is 51.4 Å². The van der Waals surface area contributed by atoms with Gasteiger partial charge >= 0.3 is 0 Å². The second-order valence-electron chi connectivity index (χ2n) is 9.14. The molecule has 150 valence electrons. The van der Waals surface area contributed by atoms with Crippen LogP contribution in [0.2, 0.25) is 0 Å². The van der Waals surface area contributed by atoms with E-state index in [0.29, 0.717) is 23.5 Å². The molecule has 4 atom stereocenters. The van der Waals surface area contributed by atoms with Gasteiger partial charge in [-0.3, -0.25) is 0 Å². The maximum Gasteiger partial charge on any atom is 0.123 e. The molecule has 3 aliphatic carbocycles. The van der Waals surface area contributed by atoms with Crippen molar-refractivity contribution in [3.63, 3.8) is 0 Å². The van der Waals surface area contributed by atoms with Crippen LogP contribution >= 0.6 is 0 Å². The summed E-state index contributed by atoms with van der Waals surface area (Å²) in [4.78, 5) is 0. The van der Waals surface area contributed by atoms with Gasteiger partial charge in [-0.2, -0.15) is 10.2 Å². The zero-order valence-corrected chi connectivity index (χ0v) is 16.8. The molecule has 0 unspecified atom stereocenters. The van der Waals surface area contributed by atoms with Crippen LogP contribution in [0, 0.1) is 23.1 Å². The summed E-state index contributed by atoms with van der Waals surface area (Å²) in [6.07, 6.45) is 8.40. The second-order valence-corrected chi connectivity index (χ2v) is 9.14. The molecular weight excluding hydrogens is 363 g/mol. The van der Waals surface area contributed by atoms with Gasteiger partial charge in [0.15, 0.2) is 0 Å². The van der Waals surface area contributed by atoms with Crippen molar-refractivity contribution >= 4 is 11.9 Å². The van der Waals surface area contributed by atoms with Crippen LogP contribution in [0.3, 0.4) is 0 Å². The molecule has 0 amide bonds. The third-order valence-corrected chi connectivity index (χ3v) is 7.69. The molecule has 0 bridgehead atoms. The highest BCUT2D eigenvalue weighted by Crippen LogP contribution is 2.60. The summed E-state index contributed by atoms with van der Waals surface area (Å²) < 4.78 is 13.4. The summed E-state index contributed by atoms with van der Waals surface area (Å²) in [5.41, 5.74) is 4.86. The average Bonchev–Trinajstić information content (AvgIpc) is 3.04. The lowest BCUT2D eigenvalue weighted by Crippen LogP contribution is -2.42. The number of rotatable bonds is 2. The first-order chi connectivity index (χ1) is 14.0. The molecule has 2 aromatic rings. The van der Waals surface area contributed by atoms with Gasteiger partial charge in [-0.25, -0.2) is 4.39 Å². The zero-order valence-electron chi connectivity index (χ0n) is 16.8. The molecule has 4 heteroatoms. The van der Waals surface area contributed by atoms with E-state index in [9.17, 15) is 9.50 Å². The Hall–Kier alpha value is -2.49. The molecule has 0 spiro atoms. The normalized spacial score (nSPS) is 32.2. The maximum absolute atomic E-state index is 13.4. The van der Waals surface area contributed by atoms with Gasteiger partial charge in [0.25, 0.3) is 0 Å². The van der Waals surface area contributed by atoms with E-state index in [4.69, 9.17) is 0 Å². The van der Waals surface area contributed by atoms with Crippen LogP contribution in [0.5, 0.6) is 5.75 Å². The van der Waals surface area contributed by atoms with Crippen LogP contribution in [0.4, 0.5) is 4.39 Å². The fourth-order valence-corrected chi connectivity index (χ4v) is 6.27. The van der Waals surface area contributed by atoms with E-state index < -0.39 is 0 Å². The monoisotopic (exact) mass is 390 g/mol. The number of fused-ring (bicyclic) bond motifs is 5. The van der Waals surface area contributed by atoms with Crippen molar-refractivity contribution < 1.29 is 9.50 Å². The first-order valence-electron chi connectivity index (χ1n) is 10.7. The van der Waals surface area contributed by atoms with Crippen LogP contribution in [0.15, 0.2) is 52.7 Å². The fourth-order valence-electron chi connectivity index (χ4n) is 6.27. The Kier molecular flexibility index (Phi) is 4.53. The molecule has 0 saturated heterocycles. The van der Waals surface area contributed by atoms with E-state index in [2.05, 4.69) is 23.2 Å². The molecule has 1 N–H and O–H groups in total.